The van der Waals surface area contributed by atoms with E-state index in [-0.39, 0.29) is 5.92 Å². The first-order valence-electron chi connectivity index (χ1n) is 5.38. The first kappa shape index (κ1) is 11.5. The Balaban J connectivity index is 2.18. The first-order chi connectivity index (χ1) is 6.72. The van der Waals surface area contributed by atoms with Crippen LogP contribution >= 0.6 is 0 Å². The van der Waals surface area contributed by atoms with Crippen LogP contribution in [0.5, 0.6) is 0 Å². The molecule has 2 atom stereocenters. The van der Waals surface area contributed by atoms with Crippen LogP contribution in [-0.4, -0.2) is 38.3 Å². The monoisotopic (exact) mass is 196 g/mol. The molecule has 1 aliphatic heterocycles. The van der Waals surface area contributed by atoms with Crippen LogP contribution in [0.4, 0.5) is 0 Å². The second-order valence-corrected chi connectivity index (χ2v) is 4.33. The van der Waals surface area contributed by atoms with Gasteiger partial charge in [0.1, 0.15) is 0 Å². The second kappa shape index (κ2) is 6.00. The summed E-state index contributed by atoms with van der Waals surface area (Å²) in [5.41, 5.74) is 0. The second-order valence-electron chi connectivity index (χ2n) is 4.33. The van der Waals surface area contributed by atoms with E-state index in [0.717, 1.165) is 26.3 Å². The van der Waals surface area contributed by atoms with Gasteiger partial charge in [-0.2, -0.15) is 5.26 Å². The molecule has 0 aromatic carbocycles. The van der Waals surface area contributed by atoms with Crippen molar-refractivity contribution < 1.29 is 4.74 Å². The summed E-state index contributed by atoms with van der Waals surface area (Å²) in [5, 5.41) is 8.69. The number of nitrogens with zero attached hydrogens (tertiary/aromatic N) is 2. The van der Waals surface area contributed by atoms with Gasteiger partial charge in [0.2, 0.25) is 0 Å². The van der Waals surface area contributed by atoms with E-state index in [9.17, 15) is 0 Å². The highest BCUT2D eigenvalue weighted by Crippen LogP contribution is 2.14. The van der Waals surface area contributed by atoms with Crippen molar-refractivity contribution in [3.63, 3.8) is 0 Å². The molecule has 14 heavy (non-hydrogen) atoms. The Morgan fingerprint density at radius 2 is 2.43 bits per heavy atom. The minimum Gasteiger partial charge on any atom is -0.381 e. The zero-order chi connectivity index (χ0) is 10.4. The lowest BCUT2D eigenvalue weighted by molar-refractivity contribution is 0.0412. The summed E-state index contributed by atoms with van der Waals surface area (Å²) in [7, 11) is 2.09. The molecule has 1 fully saturated rings. The maximum atomic E-state index is 8.69. The van der Waals surface area contributed by atoms with Gasteiger partial charge in [-0.25, -0.2) is 0 Å². The predicted molar refractivity (Wildman–Crippen MR) is 55.8 cm³/mol. The van der Waals surface area contributed by atoms with Crippen molar-refractivity contribution in [3.8, 4) is 6.07 Å². The maximum absolute atomic E-state index is 8.69. The van der Waals surface area contributed by atoms with Gasteiger partial charge >= 0.3 is 0 Å². The maximum Gasteiger partial charge on any atom is 0.0666 e. The summed E-state index contributed by atoms with van der Waals surface area (Å²) in [4.78, 5) is 2.24. The highest BCUT2D eigenvalue weighted by molar-refractivity contribution is 4.81. The molecule has 80 valence electrons. The fourth-order valence-electron chi connectivity index (χ4n) is 1.98. The number of nitriles is 1. The number of ether oxygens (including phenoxy) is 1. The molecule has 0 bridgehead atoms. The van der Waals surface area contributed by atoms with Crippen molar-refractivity contribution in [2.24, 2.45) is 11.8 Å². The average Bonchev–Trinajstić information content (AvgIpc) is 2.19. The zero-order valence-electron chi connectivity index (χ0n) is 9.20. The molecule has 3 heteroatoms. The quantitative estimate of drug-likeness (QED) is 0.683. The van der Waals surface area contributed by atoms with Gasteiger partial charge in [-0.3, -0.25) is 0 Å². The average molecular weight is 196 g/mol. The van der Waals surface area contributed by atoms with Crippen molar-refractivity contribution in [1.82, 2.24) is 4.90 Å². The molecular weight excluding hydrogens is 176 g/mol. The van der Waals surface area contributed by atoms with Crippen LogP contribution < -0.4 is 0 Å². The standard InChI is InChI=1S/C11H20N2O/c1-10(6-12)7-13(2)8-11-4-3-5-14-9-11/h10-11H,3-5,7-9H2,1-2H3. The summed E-state index contributed by atoms with van der Waals surface area (Å²) in [6, 6.07) is 2.26. The molecule has 3 nitrogen and oxygen atoms in total. The van der Waals surface area contributed by atoms with Crippen molar-refractivity contribution >= 4 is 0 Å². The van der Waals surface area contributed by atoms with E-state index in [1.807, 2.05) is 6.92 Å². The lowest BCUT2D eigenvalue weighted by atomic mass is 10.0. The molecule has 0 aromatic heterocycles. The van der Waals surface area contributed by atoms with E-state index in [0.29, 0.717) is 5.92 Å². The van der Waals surface area contributed by atoms with Gasteiger partial charge in [0.25, 0.3) is 0 Å². The van der Waals surface area contributed by atoms with Crippen LogP contribution in [0.15, 0.2) is 0 Å². The number of hydrogen-bond donors (Lipinski definition) is 0. The van der Waals surface area contributed by atoms with Crippen molar-refractivity contribution in [1.29, 1.82) is 5.26 Å². The Kier molecular flexibility index (Phi) is 4.92. The molecule has 1 aliphatic rings. The third kappa shape index (κ3) is 4.08. The van der Waals surface area contributed by atoms with Crippen LogP contribution in [0, 0.1) is 23.2 Å². The molecule has 0 spiro atoms. The molecule has 0 aromatic rings. The Morgan fingerprint density at radius 3 is 3.00 bits per heavy atom. The van der Waals surface area contributed by atoms with Crippen LogP contribution in [0.25, 0.3) is 0 Å². The van der Waals surface area contributed by atoms with Crippen molar-refractivity contribution in [2.75, 3.05) is 33.4 Å². The predicted octanol–water partition coefficient (Wildman–Crippen LogP) is 1.50. The molecule has 1 saturated heterocycles. The van der Waals surface area contributed by atoms with E-state index < -0.39 is 0 Å². The minimum absolute atomic E-state index is 0.129. The lowest BCUT2D eigenvalue weighted by Gasteiger charge is -2.27. The largest absolute Gasteiger partial charge is 0.381 e. The molecule has 0 saturated carbocycles. The van der Waals surface area contributed by atoms with Gasteiger partial charge in [-0.1, -0.05) is 0 Å². The molecule has 1 rings (SSSR count). The molecule has 0 aliphatic carbocycles. The molecule has 0 radical (unpaired) electrons. The smallest absolute Gasteiger partial charge is 0.0666 e. The third-order valence-electron chi connectivity index (χ3n) is 2.63. The topological polar surface area (TPSA) is 36.3 Å². The van der Waals surface area contributed by atoms with Gasteiger partial charge in [0.05, 0.1) is 18.6 Å². The first-order valence-corrected chi connectivity index (χ1v) is 5.38. The van der Waals surface area contributed by atoms with Crippen molar-refractivity contribution in [3.05, 3.63) is 0 Å². The Morgan fingerprint density at radius 1 is 1.64 bits per heavy atom. The van der Waals surface area contributed by atoms with Crippen molar-refractivity contribution in [2.45, 2.75) is 19.8 Å². The fraction of sp³-hybridized carbons (Fsp3) is 0.909. The summed E-state index contributed by atoms with van der Waals surface area (Å²) in [5.74, 6) is 0.796. The molecule has 1 heterocycles. The minimum atomic E-state index is 0.129. The number of hydrogen-bond acceptors (Lipinski definition) is 3. The lowest BCUT2D eigenvalue weighted by Crippen LogP contribution is -2.33. The highest BCUT2D eigenvalue weighted by atomic mass is 16.5. The highest BCUT2D eigenvalue weighted by Gasteiger charge is 2.16. The van der Waals surface area contributed by atoms with E-state index in [1.165, 1.54) is 12.8 Å². The Bertz CT molecular complexity index is 194. The van der Waals surface area contributed by atoms with Gasteiger partial charge in [-0.15, -0.1) is 0 Å². The van der Waals surface area contributed by atoms with E-state index in [1.54, 1.807) is 0 Å². The summed E-state index contributed by atoms with van der Waals surface area (Å²) in [6.45, 7) is 5.72. The number of rotatable bonds is 4. The fourth-order valence-corrected chi connectivity index (χ4v) is 1.98. The summed E-state index contributed by atoms with van der Waals surface area (Å²) in [6.07, 6.45) is 2.46. The van der Waals surface area contributed by atoms with Gasteiger partial charge in [-0.05, 0) is 32.7 Å². The van der Waals surface area contributed by atoms with E-state index in [2.05, 4.69) is 18.0 Å². The van der Waals surface area contributed by atoms with E-state index >= 15 is 0 Å². The molecule has 0 amide bonds. The van der Waals surface area contributed by atoms with Crippen LogP contribution in [0.3, 0.4) is 0 Å². The normalized spacial score (nSPS) is 24.6. The SMILES string of the molecule is CC(C#N)CN(C)CC1CCCOC1. The third-order valence-corrected chi connectivity index (χ3v) is 2.63. The molecular formula is C11H20N2O. The van der Waals surface area contributed by atoms with Gasteiger partial charge < -0.3 is 9.64 Å². The van der Waals surface area contributed by atoms with Gasteiger partial charge in [0, 0.05) is 19.7 Å². The summed E-state index contributed by atoms with van der Waals surface area (Å²) < 4.78 is 5.42. The van der Waals surface area contributed by atoms with E-state index in [4.69, 9.17) is 10.00 Å². The zero-order valence-corrected chi connectivity index (χ0v) is 9.20. The van der Waals surface area contributed by atoms with Crippen LogP contribution in [-0.2, 0) is 4.74 Å². The Labute approximate surface area is 86.6 Å². The van der Waals surface area contributed by atoms with Crippen LogP contribution in [0.1, 0.15) is 19.8 Å². The van der Waals surface area contributed by atoms with Crippen LogP contribution in [0.2, 0.25) is 0 Å². The van der Waals surface area contributed by atoms with Gasteiger partial charge in [0.15, 0.2) is 0 Å². The molecule has 0 N–H and O–H groups in total. The Hall–Kier alpha value is -0.590. The molecule has 2 unspecified atom stereocenters. The summed E-state index contributed by atoms with van der Waals surface area (Å²) >= 11 is 0.